The maximum Gasteiger partial charge on any atom is 0.242 e. The molecule has 0 aromatic heterocycles. The fourth-order valence-corrected chi connectivity index (χ4v) is 2.44. The molecule has 2 N–H and O–H groups in total. The lowest BCUT2D eigenvalue weighted by Gasteiger charge is -2.12. The molecule has 5 nitrogen and oxygen atoms in total. The van der Waals surface area contributed by atoms with Crippen molar-refractivity contribution in [1.82, 2.24) is 4.72 Å². The van der Waals surface area contributed by atoms with E-state index in [4.69, 9.17) is 4.74 Å². The molecule has 1 aromatic rings. The van der Waals surface area contributed by atoms with Gasteiger partial charge >= 0.3 is 0 Å². The highest BCUT2D eigenvalue weighted by Crippen LogP contribution is 2.19. The Hall–Kier alpha value is -1.11. The second-order valence-electron chi connectivity index (χ2n) is 4.60. The van der Waals surface area contributed by atoms with Crippen LogP contribution in [0.5, 0.6) is 0 Å². The molecule has 0 spiro atoms. The summed E-state index contributed by atoms with van der Waals surface area (Å²) in [7, 11) is -2.04. The molecule has 0 aliphatic heterocycles. The van der Waals surface area contributed by atoms with Gasteiger partial charge in [-0.2, -0.15) is 0 Å². The van der Waals surface area contributed by atoms with Crippen LogP contribution in [0.1, 0.15) is 13.8 Å². The number of ether oxygens (including phenoxy) is 1. The van der Waals surface area contributed by atoms with E-state index in [2.05, 4.69) is 23.9 Å². The molecule has 0 aliphatic rings. The van der Waals surface area contributed by atoms with Crippen LogP contribution in [-0.2, 0) is 14.8 Å². The normalized spacial score (nSPS) is 11.8. The van der Waals surface area contributed by atoms with Gasteiger partial charge in [0.15, 0.2) is 0 Å². The molecule has 1 rings (SSSR count). The summed E-state index contributed by atoms with van der Waals surface area (Å²) in [5, 5.41) is 3.08. The van der Waals surface area contributed by atoms with Gasteiger partial charge in [-0.05, 0) is 25.1 Å². The van der Waals surface area contributed by atoms with Crippen LogP contribution in [0.3, 0.4) is 0 Å². The van der Waals surface area contributed by atoms with Gasteiger partial charge in [-0.3, -0.25) is 0 Å². The zero-order chi connectivity index (χ0) is 14.3. The Morgan fingerprint density at radius 3 is 2.58 bits per heavy atom. The van der Waals surface area contributed by atoms with Gasteiger partial charge in [0.1, 0.15) is 4.90 Å². The first-order chi connectivity index (χ1) is 8.97. The maximum atomic E-state index is 11.8. The van der Waals surface area contributed by atoms with E-state index < -0.39 is 10.0 Å². The predicted molar refractivity (Wildman–Crippen MR) is 76.8 cm³/mol. The minimum atomic E-state index is -3.44. The summed E-state index contributed by atoms with van der Waals surface area (Å²) in [6.07, 6.45) is 0. The quantitative estimate of drug-likeness (QED) is 0.714. The van der Waals surface area contributed by atoms with Gasteiger partial charge in [-0.15, -0.1) is 0 Å². The molecule has 0 fully saturated rings. The van der Waals surface area contributed by atoms with Crippen molar-refractivity contribution in [3.63, 3.8) is 0 Å². The first kappa shape index (κ1) is 15.9. The summed E-state index contributed by atoms with van der Waals surface area (Å²) in [6.45, 7) is 6.00. The van der Waals surface area contributed by atoms with E-state index in [-0.39, 0.29) is 4.90 Å². The SMILES string of the molecule is CNS(=O)(=O)c1ccccc1NCCOCC(C)C. The number of nitrogens with one attached hydrogen (secondary N) is 2. The highest BCUT2D eigenvalue weighted by molar-refractivity contribution is 7.89. The van der Waals surface area contributed by atoms with Crippen molar-refractivity contribution in [3.8, 4) is 0 Å². The third-order valence-electron chi connectivity index (χ3n) is 2.46. The average molecular weight is 286 g/mol. The molecular weight excluding hydrogens is 264 g/mol. The lowest BCUT2D eigenvalue weighted by atomic mass is 10.2. The van der Waals surface area contributed by atoms with Gasteiger partial charge in [0, 0.05) is 13.2 Å². The van der Waals surface area contributed by atoms with E-state index >= 15 is 0 Å². The van der Waals surface area contributed by atoms with Crippen LogP contribution >= 0.6 is 0 Å². The molecule has 0 saturated heterocycles. The maximum absolute atomic E-state index is 11.8. The zero-order valence-electron chi connectivity index (χ0n) is 11.6. The number of anilines is 1. The minimum absolute atomic E-state index is 0.251. The second-order valence-corrected chi connectivity index (χ2v) is 6.45. The van der Waals surface area contributed by atoms with Crippen LogP contribution in [0.15, 0.2) is 29.2 Å². The van der Waals surface area contributed by atoms with Gasteiger partial charge in [-0.1, -0.05) is 26.0 Å². The lowest BCUT2D eigenvalue weighted by molar-refractivity contribution is 0.118. The number of benzene rings is 1. The van der Waals surface area contributed by atoms with Crippen molar-refractivity contribution in [2.45, 2.75) is 18.7 Å². The highest BCUT2D eigenvalue weighted by Gasteiger charge is 2.15. The van der Waals surface area contributed by atoms with Crippen molar-refractivity contribution in [3.05, 3.63) is 24.3 Å². The molecule has 1 aromatic carbocycles. The topological polar surface area (TPSA) is 67.4 Å². The summed E-state index contributed by atoms with van der Waals surface area (Å²) in [5.74, 6) is 0.497. The molecule has 0 heterocycles. The van der Waals surface area contributed by atoms with Gasteiger partial charge in [-0.25, -0.2) is 13.1 Å². The minimum Gasteiger partial charge on any atom is -0.382 e. The van der Waals surface area contributed by atoms with Crippen molar-refractivity contribution in [1.29, 1.82) is 0 Å². The van der Waals surface area contributed by atoms with Crippen LogP contribution in [0.25, 0.3) is 0 Å². The third-order valence-corrected chi connectivity index (χ3v) is 3.93. The molecule has 0 saturated carbocycles. The van der Waals surface area contributed by atoms with Crippen LogP contribution in [0, 0.1) is 5.92 Å². The average Bonchev–Trinajstić information content (AvgIpc) is 2.38. The Labute approximate surface area is 115 Å². The molecular formula is C13H22N2O3S. The monoisotopic (exact) mass is 286 g/mol. The van der Waals surface area contributed by atoms with E-state index in [0.29, 0.717) is 31.4 Å². The van der Waals surface area contributed by atoms with Crippen LogP contribution < -0.4 is 10.0 Å². The smallest absolute Gasteiger partial charge is 0.242 e. The predicted octanol–water partition coefficient (Wildman–Crippen LogP) is 1.68. The highest BCUT2D eigenvalue weighted by atomic mass is 32.2. The summed E-state index contributed by atoms with van der Waals surface area (Å²) >= 11 is 0. The van der Waals surface area contributed by atoms with Crippen LogP contribution in [0.2, 0.25) is 0 Å². The molecule has 6 heteroatoms. The summed E-state index contributed by atoms with van der Waals surface area (Å²) in [5.41, 5.74) is 0.588. The Kier molecular flexibility index (Phi) is 6.27. The number of para-hydroxylation sites is 1. The van der Waals surface area contributed by atoms with Crippen molar-refractivity contribution >= 4 is 15.7 Å². The second kappa shape index (κ2) is 7.47. The fourth-order valence-electron chi connectivity index (χ4n) is 1.53. The van der Waals surface area contributed by atoms with Gasteiger partial charge in [0.25, 0.3) is 0 Å². The fraction of sp³-hybridized carbons (Fsp3) is 0.538. The third kappa shape index (κ3) is 5.18. The van der Waals surface area contributed by atoms with E-state index in [0.717, 1.165) is 0 Å². The molecule has 0 bridgehead atoms. The lowest BCUT2D eigenvalue weighted by Crippen LogP contribution is -2.21. The standard InChI is InChI=1S/C13H22N2O3S/c1-11(2)10-18-9-8-15-12-6-4-5-7-13(12)19(16,17)14-3/h4-7,11,14-15H,8-10H2,1-3H3. The molecule has 0 amide bonds. The van der Waals surface area contributed by atoms with Crippen LogP contribution in [0.4, 0.5) is 5.69 Å². The summed E-state index contributed by atoms with van der Waals surface area (Å²) < 4.78 is 31.4. The Morgan fingerprint density at radius 1 is 1.26 bits per heavy atom. The first-order valence-electron chi connectivity index (χ1n) is 6.31. The first-order valence-corrected chi connectivity index (χ1v) is 7.80. The number of rotatable bonds is 8. The summed E-state index contributed by atoms with van der Waals surface area (Å²) in [6, 6.07) is 6.81. The van der Waals surface area contributed by atoms with Gasteiger partial charge in [0.05, 0.1) is 12.3 Å². The molecule has 19 heavy (non-hydrogen) atoms. The number of hydrogen-bond donors (Lipinski definition) is 2. The van der Waals surface area contributed by atoms with E-state index in [9.17, 15) is 8.42 Å². The van der Waals surface area contributed by atoms with Gasteiger partial charge < -0.3 is 10.1 Å². The van der Waals surface area contributed by atoms with Crippen LogP contribution in [-0.4, -0.2) is 35.2 Å². The van der Waals surface area contributed by atoms with Crippen molar-refractivity contribution in [2.75, 3.05) is 32.1 Å². The Balaban J connectivity index is 2.59. The van der Waals surface area contributed by atoms with Gasteiger partial charge in [0.2, 0.25) is 10.0 Å². The van der Waals surface area contributed by atoms with Crippen molar-refractivity contribution < 1.29 is 13.2 Å². The largest absolute Gasteiger partial charge is 0.382 e. The Morgan fingerprint density at radius 2 is 1.95 bits per heavy atom. The molecule has 0 unspecified atom stereocenters. The number of hydrogen-bond acceptors (Lipinski definition) is 4. The molecule has 108 valence electrons. The molecule has 0 atom stereocenters. The Bertz CT molecular complexity index is 486. The molecule has 0 aliphatic carbocycles. The summed E-state index contributed by atoms with van der Waals surface area (Å²) in [4.78, 5) is 0.251. The van der Waals surface area contributed by atoms with E-state index in [1.807, 2.05) is 0 Å². The van der Waals surface area contributed by atoms with Crippen molar-refractivity contribution in [2.24, 2.45) is 5.92 Å². The number of sulfonamides is 1. The molecule has 0 radical (unpaired) electrons. The van der Waals surface area contributed by atoms with E-state index in [1.54, 1.807) is 24.3 Å². The zero-order valence-corrected chi connectivity index (χ0v) is 12.5. The van der Waals surface area contributed by atoms with E-state index in [1.165, 1.54) is 7.05 Å².